The van der Waals surface area contributed by atoms with Crippen molar-refractivity contribution in [2.24, 2.45) is 5.73 Å². The first-order chi connectivity index (χ1) is 9.15. The third kappa shape index (κ3) is 4.74. The summed E-state index contributed by atoms with van der Waals surface area (Å²) < 4.78 is 6.62. The Hall–Kier alpha value is -0.660. The Kier molecular flexibility index (Phi) is 5.59. The molecule has 3 N–H and O–H groups in total. The number of hydrogen-bond donors (Lipinski definition) is 2. The van der Waals surface area contributed by atoms with Gasteiger partial charge < -0.3 is 15.8 Å². The lowest BCUT2D eigenvalue weighted by atomic mass is 10.1. The van der Waals surface area contributed by atoms with Crippen LogP contribution in [0.15, 0.2) is 24.3 Å². The molecule has 0 aliphatic carbocycles. The zero-order valence-electron chi connectivity index (χ0n) is 10.8. The number of amides is 1. The summed E-state index contributed by atoms with van der Waals surface area (Å²) >= 11 is 2.25. The first-order valence-electron chi connectivity index (χ1n) is 6.54. The van der Waals surface area contributed by atoms with E-state index in [2.05, 4.69) is 27.9 Å². The van der Waals surface area contributed by atoms with Gasteiger partial charge in [0.1, 0.15) is 0 Å². The Morgan fingerprint density at radius 1 is 1.58 bits per heavy atom. The molecule has 5 heteroatoms. The molecule has 0 bridgehead atoms. The Labute approximate surface area is 127 Å². The minimum atomic E-state index is -0.500. The molecular formula is C14H19IN2O2. The number of carbonyl (C=O) groups excluding carboxylic acids is 1. The van der Waals surface area contributed by atoms with E-state index in [0.717, 1.165) is 28.6 Å². The fourth-order valence-corrected chi connectivity index (χ4v) is 2.77. The summed E-state index contributed by atoms with van der Waals surface area (Å²) in [7, 11) is 0. The molecule has 4 nitrogen and oxygen atoms in total. The van der Waals surface area contributed by atoms with Crippen molar-refractivity contribution >= 4 is 28.5 Å². The standard InChI is InChI=1S/C14H19IN2O2/c15-11-4-1-3-10(7-11)8-13(16)14(18)17-9-12-5-2-6-19-12/h1,3-4,7,12-13H,2,5-6,8-9,16H2,(H,17,18). The van der Waals surface area contributed by atoms with E-state index in [9.17, 15) is 4.79 Å². The minimum Gasteiger partial charge on any atom is -0.376 e. The first kappa shape index (κ1) is 14.7. The second-order valence-corrected chi connectivity index (χ2v) is 6.07. The number of nitrogens with one attached hydrogen (secondary N) is 1. The van der Waals surface area contributed by atoms with E-state index in [1.54, 1.807) is 0 Å². The molecule has 2 rings (SSSR count). The van der Waals surface area contributed by atoms with E-state index in [1.165, 1.54) is 0 Å². The second kappa shape index (κ2) is 7.21. The van der Waals surface area contributed by atoms with Gasteiger partial charge in [-0.1, -0.05) is 12.1 Å². The number of ether oxygens (including phenoxy) is 1. The molecule has 1 aromatic carbocycles. The van der Waals surface area contributed by atoms with Crippen molar-refractivity contribution in [1.29, 1.82) is 0 Å². The van der Waals surface area contributed by atoms with Crippen LogP contribution in [0.25, 0.3) is 0 Å². The van der Waals surface area contributed by atoms with Gasteiger partial charge in [0.15, 0.2) is 0 Å². The van der Waals surface area contributed by atoms with E-state index >= 15 is 0 Å². The Balaban J connectivity index is 1.78. The third-order valence-corrected chi connectivity index (χ3v) is 3.88. The Bertz CT molecular complexity index is 433. The van der Waals surface area contributed by atoms with Gasteiger partial charge in [-0.15, -0.1) is 0 Å². The van der Waals surface area contributed by atoms with Gasteiger partial charge in [-0.2, -0.15) is 0 Å². The molecule has 0 radical (unpaired) electrons. The summed E-state index contributed by atoms with van der Waals surface area (Å²) in [5.74, 6) is -0.102. The average molecular weight is 374 g/mol. The largest absolute Gasteiger partial charge is 0.376 e. The molecule has 0 saturated carbocycles. The number of benzene rings is 1. The van der Waals surface area contributed by atoms with Gasteiger partial charge in [-0.25, -0.2) is 0 Å². The fourth-order valence-electron chi connectivity index (χ4n) is 2.16. The molecule has 1 aliphatic heterocycles. The molecular weight excluding hydrogens is 355 g/mol. The van der Waals surface area contributed by atoms with Crippen molar-refractivity contribution in [3.8, 4) is 0 Å². The monoisotopic (exact) mass is 374 g/mol. The lowest BCUT2D eigenvalue weighted by molar-refractivity contribution is -0.122. The molecule has 0 aromatic heterocycles. The van der Waals surface area contributed by atoms with E-state index < -0.39 is 6.04 Å². The highest BCUT2D eigenvalue weighted by atomic mass is 127. The van der Waals surface area contributed by atoms with Crippen LogP contribution in [0, 0.1) is 3.57 Å². The van der Waals surface area contributed by atoms with Gasteiger partial charge in [0.25, 0.3) is 0 Å². The Morgan fingerprint density at radius 2 is 2.42 bits per heavy atom. The van der Waals surface area contributed by atoms with Crippen molar-refractivity contribution in [3.63, 3.8) is 0 Å². The summed E-state index contributed by atoms with van der Waals surface area (Å²) in [6, 6.07) is 7.55. The topological polar surface area (TPSA) is 64.4 Å². The van der Waals surface area contributed by atoms with Crippen LogP contribution in [0.3, 0.4) is 0 Å². The molecule has 1 heterocycles. The third-order valence-electron chi connectivity index (χ3n) is 3.21. The normalized spacial score (nSPS) is 20.2. The maximum Gasteiger partial charge on any atom is 0.237 e. The first-order valence-corrected chi connectivity index (χ1v) is 7.62. The maximum absolute atomic E-state index is 11.9. The molecule has 2 unspecified atom stereocenters. The van der Waals surface area contributed by atoms with Crippen molar-refractivity contribution in [1.82, 2.24) is 5.32 Å². The molecule has 1 fully saturated rings. The van der Waals surface area contributed by atoms with Gasteiger partial charge in [-0.05, 0) is 59.5 Å². The van der Waals surface area contributed by atoms with Gasteiger partial charge in [0, 0.05) is 16.7 Å². The number of halogens is 1. The number of rotatable bonds is 5. The zero-order chi connectivity index (χ0) is 13.7. The molecule has 1 saturated heterocycles. The highest BCUT2D eigenvalue weighted by Crippen LogP contribution is 2.11. The van der Waals surface area contributed by atoms with Crippen molar-refractivity contribution in [3.05, 3.63) is 33.4 Å². The average Bonchev–Trinajstić information content (AvgIpc) is 2.89. The van der Waals surface area contributed by atoms with Crippen molar-refractivity contribution < 1.29 is 9.53 Å². The lowest BCUT2D eigenvalue weighted by Gasteiger charge is -2.15. The summed E-state index contributed by atoms with van der Waals surface area (Å²) in [4.78, 5) is 11.9. The minimum absolute atomic E-state index is 0.102. The van der Waals surface area contributed by atoms with Gasteiger partial charge in [0.05, 0.1) is 12.1 Å². The van der Waals surface area contributed by atoms with Gasteiger partial charge in [-0.3, -0.25) is 4.79 Å². The summed E-state index contributed by atoms with van der Waals surface area (Å²) in [6.45, 7) is 1.37. The molecule has 2 atom stereocenters. The highest BCUT2D eigenvalue weighted by Gasteiger charge is 2.19. The van der Waals surface area contributed by atoms with Gasteiger partial charge in [0.2, 0.25) is 5.91 Å². The van der Waals surface area contributed by atoms with E-state index in [-0.39, 0.29) is 12.0 Å². The summed E-state index contributed by atoms with van der Waals surface area (Å²) in [6.07, 6.45) is 2.82. The molecule has 1 aliphatic rings. The summed E-state index contributed by atoms with van der Waals surface area (Å²) in [5.41, 5.74) is 7.02. The van der Waals surface area contributed by atoms with Crippen LogP contribution in [0.4, 0.5) is 0 Å². The van der Waals surface area contributed by atoms with Crippen LogP contribution in [-0.2, 0) is 16.0 Å². The molecule has 1 amide bonds. The molecule has 0 spiro atoms. The van der Waals surface area contributed by atoms with Crippen molar-refractivity contribution in [2.45, 2.75) is 31.4 Å². The summed E-state index contributed by atoms with van der Waals surface area (Å²) in [5, 5.41) is 2.87. The quantitative estimate of drug-likeness (QED) is 0.767. The predicted molar refractivity (Wildman–Crippen MR) is 82.8 cm³/mol. The second-order valence-electron chi connectivity index (χ2n) is 4.82. The van der Waals surface area contributed by atoms with Gasteiger partial charge >= 0.3 is 0 Å². The molecule has 19 heavy (non-hydrogen) atoms. The van der Waals surface area contributed by atoms with Crippen molar-refractivity contribution in [2.75, 3.05) is 13.2 Å². The fraction of sp³-hybridized carbons (Fsp3) is 0.500. The maximum atomic E-state index is 11.9. The Morgan fingerprint density at radius 3 is 3.11 bits per heavy atom. The van der Waals surface area contributed by atoms with Crippen LogP contribution in [-0.4, -0.2) is 31.2 Å². The van der Waals surface area contributed by atoms with Crippen LogP contribution in [0.1, 0.15) is 18.4 Å². The van der Waals surface area contributed by atoms with E-state index in [1.807, 2.05) is 24.3 Å². The smallest absolute Gasteiger partial charge is 0.237 e. The van der Waals surface area contributed by atoms with Crippen LogP contribution in [0.2, 0.25) is 0 Å². The van der Waals surface area contributed by atoms with Crippen LogP contribution < -0.4 is 11.1 Å². The van der Waals surface area contributed by atoms with E-state index in [4.69, 9.17) is 10.5 Å². The number of nitrogens with two attached hydrogens (primary N) is 1. The van der Waals surface area contributed by atoms with Crippen LogP contribution >= 0.6 is 22.6 Å². The molecule has 104 valence electrons. The highest BCUT2D eigenvalue weighted by molar-refractivity contribution is 14.1. The predicted octanol–water partition coefficient (Wildman–Crippen LogP) is 1.46. The molecule has 1 aromatic rings. The zero-order valence-corrected chi connectivity index (χ0v) is 12.9. The lowest BCUT2D eigenvalue weighted by Crippen LogP contribution is -2.44. The van der Waals surface area contributed by atoms with Crippen LogP contribution in [0.5, 0.6) is 0 Å². The SMILES string of the molecule is NC(Cc1cccc(I)c1)C(=O)NCC1CCCO1. The van der Waals surface area contributed by atoms with E-state index in [0.29, 0.717) is 13.0 Å². The number of carbonyl (C=O) groups is 1. The number of hydrogen-bond acceptors (Lipinski definition) is 3.